The lowest BCUT2D eigenvalue weighted by molar-refractivity contribution is -0.137. The van der Waals surface area contributed by atoms with Crippen LogP contribution in [0.1, 0.15) is 11.1 Å². The number of aromatic amines is 1. The molecule has 0 atom stereocenters. The molecule has 12 heteroatoms. The van der Waals surface area contributed by atoms with Gasteiger partial charge in [0.05, 0.1) is 17.4 Å². The van der Waals surface area contributed by atoms with E-state index < -0.39 is 16.9 Å². The number of fused-ring (bicyclic) bond motifs is 1. The molecule has 2 N–H and O–H groups in total. The third-order valence-electron chi connectivity index (χ3n) is 3.88. The van der Waals surface area contributed by atoms with E-state index in [0.29, 0.717) is 27.8 Å². The molecule has 3 heterocycles. The maximum atomic E-state index is 12.9. The topological polar surface area (TPSA) is 92.5 Å². The number of halogens is 5. The summed E-state index contributed by atoms with van der Waals surface area (Å²) in [4.78, 5) is 3.57. The molecule has 7 nitrogen and oxygen atoms in total. The van der Waals surface area contributed by atoms with Gasteiger partial charge >= 0.3 is 6.18 Å². The number of benzene rings is 1. The maximum Gasteiger partial charge on any atom is 0.419 e. The van der Waals surface area contributed by atoms with Crippen molar-refractivity contribution in [1.82, 2.24) is 25.6 Å². The highest BCUT2D eigenvalue weighted by atomic mass is 35.5. The number of hydrogen-bond acceptors (Lipinski definition) is 6. The van der Waals surface area contributed by atoms with E-state index in [1.807, 2.05) is 0 Å². The molecule has 1 aromatic carbocycles. The Kier molecular flexibility index (Phi) is 4.60. The van der Waals surface area contributed by atoms with Crippen LogP contribution in [-0.4, -0.2) is 25.6 Å². The number of nitrogens with one attached hydrogen (secondary N) is 2. The Hall–Kier alpha value is -2.85. The minimum Gasteiger partial charge on any atom is -0.453 e. The van der Waals surface area contributed by atoms with Crippen molar-refractivity contribution in [1.29, 1.82) is 0 Å². The van der Waals surface area contributed by atoms with Crippen molar-refractivity contribution < 1.29 is 17.6 Å². The van der Waals surface area contributed by atoms with Crippen LogP contribution in [0.3, 0.4) is 0 Å². The van der Waals surface area contributed by atoms with Gasteiger partial charge in [0, 0.05) is 17.0 Å². The van der Waals surface area contributed by atoms with E-state index in [9.17, 15) is 13.2 Å². The first-order valence-corrected chi connectivity index (χ1v) is 8.49. The fourth-order valence-corrected chi connectivity index (χ4v) is 3.00. The van der Waals surface area contributed by atoms with E-state index in [4.69, 9.17) is 27.6 Å². The molecule has 0 aliphatic rings. The van der Waals surface area contributed by atoms with Gasteiger partial charge < -0.3 is 9.73 Å². The number of alkyl halides is 3. The van der Waals surface area contributed by atoms with E-state index in [2.05, 4.69) is 30.9 Å². The first-order valence-electron chi connectivity index (χ1n) is 7.73. The van der Waals surface area contributed by atoms with Crippen molar-refractivity contribution in [2.75, 3.05) is 5.32 Å². The van der Waals surface area contributed by atoms with Crippen LogP contribution in [-0.2, 0) is 12.7 Å². The van der Waals surface area contributed by atoms with Crippen molar-refractivity contribution in [2.24, 2.45) is 0 Å². The largest absolute Gasteiger partial charge is 0.453 e. The molecule has 0 unspecified atom stereocenters. The molecule has 0 saturated heterocycles. The average molecular weight is 429 g/mol. The minimum absolute atomic E-state index is 0.146. The van der Waals surface area contributed by atoms with Gasteiger partial charge in [-0.25, -0.2) is 4.98 Å². The van der Waals surface area contributed by atoms with E-state index >= 15 is 0 Å². The Morgan fingerprint density at radius 2 is 1.96 bits per heavy atom. The number of nitrogens with zero attached hydrogens (tertiary/aromatic N) is 4. The molecule has 28 heavy (non-hydrogen) atoms. The van der Waals surface area contributed by atoms with Crippen LogP contribution >= 0.6 is 23.2 Å². The number of rotatable bonds is 4. The summed E-state index contributed by atoms with van der Waals surface area (Å²) in [7, 11) is 0. The second kappa shape index (κ2) is 6.95. The fraction of sp³-hybridized carbons (Fsp3) is 0.125. The van der Waals surface area contributed by atoms with Crippen molar-refractivity contribution in [3.63, 3.8) is 0 Å². The highest BCUT2D eigenvalue weighted by Crippen LogP contribution is 2.35. The fourth-order valence-electron chi connectivity index (χ4n) is 2.55. The molecule has 0 bridgehead atoms. The smallest absolute Gasteiger partial charge is 0.419 e. The monoisotopic (exact) mass is 428 g/mol. The number of hydrogen-bond donors (Lipinski definition) is 2. The van der Waals surface area contributed by atoms with Crippen LogP contribution in [0.5, 0.6) is 0 Å². The van der Waals surface area contributed by atoms with Gasteiger partial charge in [-0.05, 0) is 35.0 Å². The van der Waals surface area contributed by atoms with Gasteiger partial charge in [0.15, 0.2) is 5.76 Å². The molecule has 0 saturated carbocycles. The van der Waals surface area contributed by atoms with Gasteiger partial charge in [0.1, 0.15) is 10.7 Å². The molecule has 144 valence electrons. The lowest BCUT2D eigenvalue weighted by atomic mass is 10.1. The van der Waals surface area contributed by atoms with Crippen molar-refractivity contribution in [2.45, 2.75) is 12.7 Å². The third kappa shape index (κ3) is 3.60. The number of furan rings is 1. The Morgan fingerprint density at radius 1 is 1.14 bits per heavy atom. The first kappa shape index (κ1) is 18.5. The Bertz CT molecular complexity index is 1140. The quantitative estimate of drug-likeness (QED) is 0.447. The highest BCUT2D eigenvalue weighted by Gasteiger charge is 2.34. The van der Waals surface area contributed by atoms with Crippen LogP contribution in [0.4, 0.5) is 18.9 Å². The number of aromatic nitrogens is 5. The van der Waals surface area contributed by atoms with Crippen LogP contribution in [0, 0.1) is 0 Å². The number of tetrazole rings is 1. The third-order valence-corrected chi connectivity index (χ3v) is 4.53. The van der Waals surface area contributed by atoms with Gasteiger partial charge in [0.2, 0.25) is 5.82 Å². The van der Waals surface area contributed by atoms with Crippen LogP contribution < -0.4 is 5.32 Å². The van der Waals surface area contributed by atoms with E-state index in [0.717, 1.165) is 11.5 Å². The van der Waals surface area contributed by atoms with Gasteiger partial charge in [-0.2, -0.15) is 18.4 Å². The Morgan fingerprint density at radius 3 is 2.68 bits per heavy atom. The Balaban J connectivity index is 1.59. The zero-order valence-corrected chi connectivity index (χ0v) is 15.2. The van der Waals surface area contributed by atoms with Gasteiger partial charge in [-0.3, -0.25) is 0 Å². The summed E-state index contributed by atoms with van der Waals surface area (Å²) in [6.07, 6.45) is -3.39. The van der Waals surface area contributed by atoms with Crippen molar-refractivity contribution in [3.8, 4) is 11.6 Å². The molecule has 0 amide bonds. The highest BCUT2D eigenvalue weighted by molar-refractivity contribution is 6.32. The lowest BCUT2D eigenvalue weighted by Crippen LogP contribution is -2.09. The summed E-state index contributed by atoms with van der Waals surface area (Å²) in [5, 5.41) is 16.9. The molecule has 0 aliphatic carbocycles. The molecule has 0 aliphatic heterocycles. The summed E-state index contributed by atoms with van der Waals surface area (Å²) in [6.45, 7) is 0.146. The van der Waals surface area contributed by atoms with Gasteiger partial charge in [0.25, 0.3) is 0 Å². The van der Waals surface area contributed by atoms with Gasteiger partial charge in [-0.15, -0.1) is 10.2 Å². The molecule has 4 aromatic rings. The molecule has 4 rings (SSSR count). The second-order valence-electron chi connectivity index (χ2n) is 5.74. The predicted molar refractivity (Wildman–Crippen MR) is 96.0 cm³/mol. The van der Waals surface area contributed by atoms with Crippen LogP contribution in [0.25, 0.3) is 22.6 Å². The first-order chi connectivity index (χ1) is 13.3. The van der Waals surface area contributed by atoms with Crippen molar-refractivity contribution >= 4 is 39.9 Å². The predicted octanol–water partition coefficient (Wildman–Crippen LogP) is 4.95. The zero-order chi connectivity index (χ0) is 19.9. The van der Waals surface area contributed by atoms with Gasteiger partial charge in [-0.1, -0.05) is 23.2 Å². The summed E-state index contributed by atoms with van der Waals surface area (Å²) in [5.41, 5.74) is 0.272. The summed E-state index contributed by atoms with van der Waals surface area (Å²) >= 11 is 11.8. The standard InChI is InChI=1S/C16H9Cl2F3N6O/c17-11-1-7-2-13(15-24-26-27-25-15)28-12(7)3-8(11)5-22-9-4-10(16(19,20)21)14(18)23-6-9/h1-4,6,22H,5H2,(H,24,25,26,27). The SMILES string of the molecule is FC(F)(F)c1cc(NCc2cc3oc(-c4nn[nH]n4)cc3cc2Cl)cnc1Cl. The lowest BCUT2D eigenvalue weighted by Gasteiger charge is -2.12. The molecule has 0 radical (unpaired) electrons. The molecular weight excluding hydrogens is 420 g/mol. The number of anilines is 1. The molecular formula is C16H9Cl2F3N6O. The normalized spacial score (nSPS) is 11.9. The summed E-state index contributed by atoms with van der Waals surface area (Å²) < 4.78 is 44.5. The maximum absolute atomic E-state index is 12.9. The Labute approximate surface area is 164 Å². The van der Waals surface area contributed by atoms with E-state index in [1.165, 1.54) is 6.20 Å². The van der Waals surface area contributed by atoms with Crippen molar-refractivity contribution in [3.05, 3.63) is 51.8 Å². The number of pyridine rings is 1. The number of H-pyrrole nitrogens is 1. The molecule has 0 fully saturated rings. The summed E-state index contributed by atoms with van der Waals surface area (Å²) in [5.74, 6) is 0.695. The van der Waals surface area contributed by atoms with E-state index in [-0.39, 0.29) is 12.2 Å². The molecule has 0 spiro atoms. The van der Waals surface area contributed by atoms with Crippen LogP contribution in [0.15, 0.2) is 34.9 Å². The average Bonchev–Trinajstić information content (AvgIpc) is 3.29. The zero-order valence-electron chi connectivity index (χ0n) is 13.7. The second-order valence-corrected chi connectivity index (χ2v) is 6.51. The molecule has 3 aromatic heterocycles. The van der Waals surface area contributed by atoms with Crippen LogP contribution in [0.2, 0.25) is 10.2 Å². The summed E-state index contributed by atoms with van der Waals surface area (Å²) in [6, 6.07) is 5.97. The minimum atomic E-state index is -4.60. The van der Waals surface area contributed by atoms with E-state index in [1.54, 1.807) is 18.2 Å².